The number of unbranched alkanes of at least 4 members (excludes halogenated alkanes) is 5. The summed E-state index contributed by atoms with van der Waals surface area (Å²) in [5.41, 5.74) is -1.55. The Labute approximate surface area is 152 Å². The van der Waals surface area contributed by atoms with Gasteiger partial charge < -0.3 is 9.47 Å². The smallest absolute Gasteiger partial charge is 0.413 e. The molecule has 0 aliphatic carbocycles. The summed E-state index contributed by atoms with van der Waals surface area (Å²) >= 11 is 0. The summed E-state index contributed by atoms with van der Waals surface area (Å²) in [6.07, 6.45) is 4.44. The normalized spacial score (nSPS) is 20.8. The first-order valence-corrected chi connectivity index (χ1v) is 9.37. The molecule has 1 aliphatic heterocycles. The maximum absolute atomic E-state index is 14.6. The molecule has 4 nitrogen and oxygen atoms in total. The fourth-order valence-corrected chi connectivity index (χ4v) is 2.80. The zero-order valence-electron chi connectivity index (χ0n) is 16.7. The predicted octanol–water partition coefficient (Wildman–Crippen LogP) is 5.06. The van der Waals surface area contributed by atoms with Crippen LogP contribution < -0.4 is 0 Å². The van der Waals surface area contributed by atoms with Gasteiger partial charge in [0, 0.05) is 6.42 Å². The van der Waals surface area contributed by atoms with Gasteiger partial charge in [-0.25, -0.2) is 9.18 Å². The summed E-state index contributed by atoms with van der Waals surface area (Å²) in [6, 6.07) is -0.738. The van der Waals surface area contributed by atoms with Gasteiger partial charge in [0.15, 0.2) is 6.17 Å². The first-order chi connectivity index (χ1) is 11.6. The average Bonchev–Trinajstić information content (AvgIpc) is 2.80. The van der Waals surface area contributed by atoms with Crippen molar-refractivity contribution in [2.24, 2.45) is 0 Å². The molecule has 1 rings (SSSR count). The van der Waals surface area contributed by atoms with Gasteiger partial charge in [-0.2, -0.15) is 0 Å². The minimum Gasteiger partial charge on any atom is -0.444 e. The number of amides is 1. The molecule has 1 saturated heterocycles. The van der Waals surface area contributed by atoms with E-state index in [9.17, 15) is 9.18 Å². The van der Waals surface area contributed by atoms with E-state index in [2.05, 4.69) is 18.8 Å². The van der Waals surface area contributed by atoms with Gasteiger partial charge in [-0.05, 0) is 41.0 Å². The Kier molecular flexibility index (Phi) is 8.21. The van der Waals surface area contributed by atoms with Crippen LogP contribution in [0, 0.1) is 11.8 Å². The highest BCUT2D eigenvalue weighted by Crippen LogP contribution is 2.31. The van der Waals surface area contributed by atoms with Gasteiger partial charge in [0.25, 0.3) is 0 Å². The van der Waals surface area contributed by atoms with Crippen LogP contribution in [0.5, 0.6) is 0 Å². The van der Waals surface area contributed by atoms with Gasteiger partial charge in [0.1, 0.15) is 17.4 Å². The van der Waals surface area contributed by atoms with Gasteiger partial charge in [0.2, 0.25) is 0 Å². The van der Waals surface area contributed by atoms with Crippen LogP contribution in [0.1, 0.15) is 80.1 Å². The number of carbonyl (C=O) groups is 1. The Bertz CT molecular complexity index is 487. The van der Waals surface area contributed by atoms with Gasteiger partial charge in [0.05, 0.1) is 6.61 Å². The first-order valence-electron chi connectivity index (χ1n) is 9.37. The van der Waals surface area contributed by atoms with Gasteiger partial charge in [-0.1, -0.05) is 38.5 Å². The third-order valence-electron chi connectivity index (χ3n) is 4.09. The number of ether oxygens (including phenoxy) is 2. The Morgan fingerprint density at radius 1 is 1.32 bits per heavy atom. The summed E-state index contributed by atoms with van der Waals surface area (Å²) in [5, 5.41) is 0. The highest BCUT2D eigenvalue weighted by atomic mass is 19.1. The topological polar surface area (TPSA) is 38.8 Å². The van der Waals surface area contributed by atoms with E-state index < -0.39 is 29.6 Å². The molecule has 0 aromatic carbocycles. The van der Waals surface area contributed by atoms with Crippen LogP contribution >= 0.6 is 0 Å². The van der Waals surface area contributed by atoms with Crippen LogP contribution in [0.15, 0.2) is 0 Å². The molecule has 0 unspecified atom stereocenters. The maximum atomic E-state index is 14.6. The Morgan fingerprint density at radius 3 is 2.56 bits per heavy atom. The van der Waals surface area contributed by atoms with Crippen LogP contribution in [-0.2, 0) is 9.47 Å². The minimum atomic E-state index is -1.44. The molecule has 0 N–H and O–H groups in total. The SMILES string of the molecule is CCCCCCCC#C[C@H](F)[C@H]1COC(C)(C)N1C(=O)OC(C)(C)C. The number of rotatable bonds is 6. The van der Waals surface area contributed by atoms with Crippen molar-refractivity contribution in [3.05, 3.63) is 0 Å². The van der Waals surface area contributed by atoms with Gasteiger partial charge >= 0.3 is 6.09 Å². The van der Waals surface area contributed by atoms with E-state index in [0.717, 1.165) is 12.8 Å². The zero-order valence-corrected chi connectivity index (χ0v) is 16.7. The standard InChI is InChI=1S/C20H34FNO3/c1-7-8-9-10-11-12-13-14-16(21)17-15-24-20(5,6)22(17)18(23)25-19(2,3)4/h16-17H,7-12,15H2,1-6H3/t16-,17+/m0/s1. The second-order valence-corrected chi connectivity index (χ2v) is 8.06. The molecule has 1 aliphatic rings. The summed E-state index contributed by atoms with van der Waals surface area (Å²) < 4.78 is 25.6. The summed E-state index contributed by atoms with van der Waals surface area (Å²) in [6.45, 7) is 11.1. The van der Waals surface area contributed by atoms with E-state index >= 15 is 0 Å². The molecule has 0 bridgehead atoms. The number of alkyl halides is 1. The highest BCUT2D eigenvalue weighted by Gasteiger charge is 2.48. The Balaban J connectivity index is 2.64. The lowest BCUT2D eigenvalue weighted by Crippen LogP contribution is -2.52. The van der Waals surface area contributed by atoms with E-state index in [1.165, 1.54) is 24.2 Å². The molecule has 0 saturated carbocycles. The monoisotopic (exact) mass is 355 g/mol. The van der Waals surface area contributed by atoms with Gasteiger partial charge in [-0.3, -0.25) is 4.90 Å². The molecule has 144 valence electrons. The number of carbonyl (C=O) groups excluding carboxylic acids is 1. The first kappa shape index (κ1) is 21.8. The second-order valence-electron chi connectivity index (χ2n) is 8.06. The number of hydrogen-bond acceptors (Lipinski definition) is 3. The molecule has 1 heterocycles. The Morgan fingerprint density at radius 2 is 1.96 bits per heavy atom. The molecule has 0 radical (unpaired) electrons. The lowest BCUT2D eigenvalue weighted by molar-refractivity contribution is -0.0641. The van der Waals surface area contributed by atoms with Crippen molar-refractivity contribution in [2.75, 3.05) is 6.61 Å². The average molecular weight is 355 g/mol. The summed E-state index contributed by atoms with van der Waals surface area (Å²) in [5.74, 6) is 5.57. The number of halogens is 1. The zero-order chi connectivity index (χ0) is 19.1. The number of hydrogen-bond donors (Lipinski definition) is 0. The summed E-state index contributed by atoms with van der Waals surface area (Å²) in [7, 11) is 0. The molecule has 5 heteroatoms. The van der Waals surface area contributed by atoms with E-state index in [1.807, 2.05) is 0 Å². The van der Waals surface area contributed by atoms with Crippen molar-refractivity contribution >= 4 is 6.09 Å². The van der Waals surface area contributed by atoms with E-state index in [1.54, 1.807) is 34.6 Å². The fraction of sp³-hybridized carbons (Fsp3) is 0.850. The lowest BCUT2D eigenvalue weighted by Gasteiger charge is -2.35. The van der Waals surface area contributed by atoms with E-state index in [-0.39, 0.29) is 6.61 Å². The second kappa shape index (κ2) is 9.43. The van der Waals surface area contributed by atoms with Crippen LogP contribution in [0.2, 0.25) is 0 Å². The van der Waals surface area contributed by atoms with Crippen molar-refractivity contribution in [2.45, 2.75) is 104 Å². The molecule has 2 atom stereocenters. The van der Waals surface area contributed by atoms with Crippen molar-refractivity contribution in [1.82, 2.24) is 4.90 Å². The van der Waals surface area contributed by atoms with Crippen molar-refractivity contribution < 1.29 is 18.7 Å². The highest BCUT2D eigenvalue weighted by molar-refractivity contribution is 5.70. The largest absolute Gasteiger partial charge is 0.444 e. The van der Waals surface area contributed by atoms with Crippen LogP contribution in [0.3, 0.4) is 0 Å². The maximum Gasteiger partial charge on any atom is 0.413 e. The molecule has 0 aromatic heterocycles. The molecular formula is C20H34FNO3. The minimum absolute atomic E-state index is 0.124. The molecule has 25 heavy (non-hydrogen) atoms. The molecule has 0 aromatic rings. The molecule has 1 amide bonds. The molecule has 0 spiro atoms. The van der Waals surface area contributed by atoms with Crippen LogP contribution in [-0.4, -0.2) is 41.1 Å². The van der Waals surface area contributed by atoms with Crippen molar-refractivity contribution in [1.29, 1.82) is 0 Å². The fourth-order valence-electron chi connectivity index (χ4n) is 2.80. The lowest BCUT2D eigenvalue weighted by atomic mass is 10.1. The molecule has 1 fully saturated rings. The third-order valence-corrected chi connectivity index (χ3v) is 4.09. The van der Waals surface area contributed by atoms with E-state index in [0.29, 0.717) is 6.42 Å². The predicted molar refractivity (Wildman–Crippen MR) is 97.9 cm³/mol. The van der Waals surface area contributed by atoms with E-state index in [4.69, 9.17) is 9.47 Å². The van der Waals surface area contributed by atoms with Crippen LogP contribution in [0.25, 0.3) is 0 Å². The number of nitrogens with zero attached hydrogens (tertiary/aromatic N) is 1. The summed E-state index contributed by atoms with van der Waals surface area (Å²) in [4.78, 5) is 13.8. The Hall–Kier alpha value is -1.28. The van der Waals surface area contributed by atoms with Crippen molar-refractivity contribution in [3.8, 4) is 11.8 Å². The third kappa shape index (κ3) is 7.23. The quantitative estimate of drug-likeness (QED) is 0.494. The van der Waals surface area contributed by atoms with Gasteiger partial charge in [-0.15, -0.1) is 5.92 Å². The van der Waals surface area contributed by atoms with Crippen LogP contribution in [0.4, 0.5) is 9.18 Å². The molecular weight excluding hydrogens is 321 g/mol. The van der Waals surface area contributed by atoms with Crippen molar-refractivity contribution in [3.63, 3.8) is 0 Å².